The molecule has 0 radical (unpaired) electrons. The minimum absolute atomic E-state index is 0.200. The van der Waals surface area contributed by atoms with Gasteiger partial charge in [-0.3, -0.25) is 14.6 Å². The molecule has 0 saturated carbocycles. The first-order valence-electron chi connectivity index (χ1n) is 8.24. The highest BCUT2D eigenvalue weighted by Crippen LogP contribution is 2.22. The van der Waals surface area contributed by atoms with E-state index in [2.05, 4.69) is 20.4 Å². The van der Waals surface area contributed by atoms with Gasteiger partial charge in [0.05, 0.1) is 27.0 Å². The predicted molar refractivity (Wildman–Crippen MR) is 106 cm³/mol. The molecule has 0 aliphatic rings. The number of pyridine rings is 2. The van der Waals surface area contributed by atoms with E-state index in [1.165, 1.54) is 11.3 Å². The molecule has 0 unspecified atom stereocenters. The molecule has 140 valence electrons. The zero-order chi connectivity index (χ0) is 19.5. The number of carbonyl (C=O) groups is 1. The third-order valence-electron chi connectivity index (χ3n) is 3.93. The van der Waals surface area contributed by atoms with Crippen LogP contribution in [0.3, 0.4) is 0 Å². The molecule has 2 N–H and O–H groups in total. The topological polar surface area (TPSA) is 101 Å². The zero-order valence-corrected chi connectivity index (χ0v) is 15.9. The van der Waals surface area contributed by atoms with Crippen molar-refractivity contribution in [3.05, 3.63) is 80.2 Å². The Bertz CT molecular complexity index is 1180. The van der Waals surface area contributed by atoms with Crippen LogP contribution < -0.4 is 10.9 Å². The number of halogens is 1. The summed E-state index contributed by atoms with van der Waals surface area (Å²) in [4.78, 5) is 31.4. The predicted octanol–water partition coefficient (Wildman–Crippen LogP) is 3.74. The summed E-state index contributed by atoms with van der Waals surface area (Å²) >= 11 is 7.04. The van der Waals surface area contributed by atoms with Crippen LogP contribution in [0.4, 0.5) is 0 Å². The van der Waals surface area contributed by atoms with Gasteiger partial charge in [0.25, 0.3) is 11.5 Å². The van der Waals surface area contributed by atoms with E-state index in [0.29, 0.717) is 31.9 Å². The van der Waals surface area contributed by atoms with Crippen LogP contribution in [-0.2, 0) is 6.54 Å². The maximum absolute atomic E-state index is 12.0. The molecule has 0 fully saturated rings. The molecule has 1 amide bonds. The van der Waals surface area contributed by atoms with Crippen molar-refractivity contribution in [1.29, 1.82) is 0 Å². The molecule has 4 rings (SSSR count). The van der Waals surface area contributed by atoms with Gasteiger partial charge >= 0.3 is 0 Å². The van der Waals surface area contributed by atoms with Gasteiger partial charge in [-0.1, -0.05) is 16.8 Å². The Morgan fingerprint density at radius 2 is 2.11 bits per heavy atom. The monoisotopic (exact) mass is 412 g/mol. The van der Waals surface area contributed by atoms with E-state index < -0.39 is 0 Å². The van der Waals surface area contributed by atoms with Gasteiger partial charge in [-0.05, 0) is 36.4 Å². The fourth-order valence-corrected chi connectivity index (χ4v) is 3.51. The minimum Gasteiger partial charge on any atom is -0.359 e. The van der Waals surface area contributed by atoms with Crippen LogP contribution in [0.25, 0.3) is 22.5 Å². The average Bonchev–Trinajstić information content (AvgIpc) is 3.36. The molecule has 0 aliphatic heterocycles. The zero-order valence-electron chi connectivity index (χ0n) is 14.3. The number of nitrogens with zero attached hydrogens (tertiary/aromatic N) is 2. The van der Waals surface area contributed by atoms with Gasteiger partial charge in [-0.25, -0.2) is 0 Å². The second-order valence-corrected chi connectivity index (χ2v) is 7.53. The summed E-state index contributed by atoms with van der Waals surface area (Å²) in [5.41, 5.74) is 2.18. The van der Waals surface area contributed by atoms with Crippen LogP contribution in [0.5, 0.6) is 0 Å². The molecule has 0 aliphatic carbocycles. The number of amides is 1. The molecule has 9 heteroatoms. The molecule has 4 heterocycles. The van der Waals surface area contributed by atoms with Crippen LogP contribution in [-0.4, -0.2) is 21.0 Å². The van der Waals surface area contributed by atoms with Crippen molar-refractivity contribution in [2.24, 2.45) is 0 Å². The summed E-state index contributed by atoms with van der Waals surface area (Å²) in [7, 11) is 0. The lowest BCUT2D eigenvalue weighted by atomic mass is 10.1. The van der Waals surface area contributed by atoms with Crippen molar-refractivity contribution in [3.63, 3.8) is 0 Å². The van der Waals surface area contributed by atoms with E-state index >= 15 is 0 Å². The summed E-state index contributed by atoms with van der Waals surface area (Å²) in [6, 6.07) is 12.1. The average molecular weight is 413 g/mol. The highest BCUT2D eigenvalue weighted by atomic mass is 35.5. The Morgan fingerprint density at radius 3 is 2.82 bits per heavy atom. The molecular formula is C19H13ClN4O3S. The summed E-state index contributed by atoms with van der Waals surface area (Å²) in [6.45, 7) is 0.201. The number of nitrogens with one attached hydrogen (secondary N) is 2. The fraction of sp³-hybridized carbons (Fsp3) is 0.0526. The normalized spacial score (nSPS) is 10.8. The second-order valence-electron chi connectivity index (χ2n) is 5.81. The van der Waals surface area contributed by atoms with Crippen molar-refractivity contribution < 1.29 is 9.32 Å². The number of carbonyl (C=O) groups excluding carboxylic acids is 1. The van der Waals surface area contributed by atoms with Gasteiger partial charge in [0.1, 0.15) is 5.69 Å². The Balaban J connectivity index is 1.45. The standard InChI is InChI=1S/C19H13ClN4O3S/c20-17-6-5-16(28-17)19(26)23-10-12-8-15(24-27-12)11-3-4-14(22-9-11)13-2-1-7-21-18(13)25/h1-9H,10H2,(H,21,25)(H,23,26). The fourth-order valence-electron chi connectivity index (χ4n) is 2.55. The summed E-state index contributed by atoms with van der Waals surface area (Å²) in [6.07, 6.45) is 3.19. The maximum atomic E-state index is 12.0. The van der Waals surface area contributed by atoms with Crippen LogP contribution in [0.2, 0.25) is 4.34 Å². The molecule has 4 aromatic rings. The summed E-state index contributed by atoms with van der Waals surface area (Å²) in [5.74, 6) is 0.281. The van der Waals surface area contributed by atoms with Gasteiger partial charge in [0.2, 0.25) is 0 Å². The number of aromatic amines is 1. The highest BCUT2D eigenvalue weighted by Gasteiger charge is 2.12. The van der Waals surface area contributed by atoms with Crippen LogP contribution in [0, 0.1) is 0 Å². The molecule has 0 saturated heterocycles. The minimum atomic E-state index is -0.228. The third-order valence-corrected chi connectivity index (χ3v) is 5.16. The lowest BCUT2D eigenvalue weighted by Crippen LogP contribution is -2.21. The Hall–Kier alpha value is -3.23. The molecule has 0 bridgehead atoms. The van der Waals surface area contributed by atoms with E-state index in [-0.39, 0.29) is 18.0 Å². The maximum Gasteiger partial charge on any atom is 0.261 e. The number of thiophene rings is 1. The van der Waals surface area contributed by atoms with Crippen LogP contribution >= 0.6 is 22.9 Å². The number of hydrogen-bond donors (Lipinski definition) is 2. The SMILES string of the molecule is O=C(NCc1cc(-c2ccc(-c3ccc[nH]c3=O)nc2)no1)c1ccc(Cl)s1. The smallest absolute Gasteiger partial charge is 0.261 e. The van der Waals surface area contributed by atoms with Crippen molar-refractivity contribution in [2.75, 3.05) is 0 Å². The first kappa shape index (κ1) is 18.1. The van der Waals surface area contributed by atoms with Gasteiger partial charge in [0.15, 0.2) is 5.76 Å². The number of rotatable bonds is 5. The van der Waals surface area contributed by atoms with E-state index in [0.717, 1.165) is 5.56 Å². The summed E-state index contributed by atoms with van der Waals surface area (Å²) < 4.78 is 5.83. The van der Waals surface area contributed by atoms with Crippen LogP contribution in [0.15, 0.2) is 64.2 Å². The van der Waals surface area contributed by atoms with Crippen molar-refractivity contribution >= 4 is 28.8 Å². The third kappa shape index (κ3) is 3.88. The number of aromatic nitrogens is 3. The molecule has 0 atom stereocenters. The largest absolute Gasteiger partial charge is 0.359 e. The van der Waals surface area contributed by atoms with E-state index in [9.17, 15) is 9.59 Å². The van der Waals surface area contributed by atoms with E-state index in [1.807, 2.05) is 6.07 Å². The van der Waals surface area contributed by atoms with Crippen molar-refractivity contribution in [3.8, 4) is 22.5 Å². The molecule has 4 aromatic heterocycles. The van der Waals surface area contributed by atoms with Gasteiger partial charge in [-0.2, -0.15) is 0 Å². The lowest BCUT2D eigenvalue weighted by Gasteiger charge is -2.00. The van der Waals surface area contributed by atoms with Gasteiger partial charge < -0.3 is 14.8 Å². The lowest BCUT2D eigenvalue weighted by molar-refractivity contribution is 0.0951. The van der Waals surface area contributed by atoms with Gasteiger partial charge in [0, 0.05) is 24.0 Å². The second kappa shape index (κ2) is 7.79. The first-order valence-corrected chi connectivity index (χ1v) is 9.43. The highest BCUT2D eigenvalue weighted by molar-refractivity contribution is 7.17. The molecule has 0 spiro atoms. The number of hydrogen-bond acceptors (Lipinski definition) is 6. The van der Waals surface area contributed by atoms with E-state index in [1.54, 1.807) is 48.8 Å². The van der Waals surface area contributed by atoms with Gasteiger partial charge in [-0.15, -0.1) is 11.3 Å². The molecule has 28 heavy (non-hydrogen) atoms. The summed E-state index contributed by atoms with van der Waals surface area (Å²) in [5, 5.41) is 6.76. The molecule has 0 aromatic carbocycles. The van der Waals surface area contributed by atoms with Crippen molar-refractivity contribution in [2.45, 2.75) is 6.54 Å². The van der Waals surface area contributed by atoms with Crippen molar-refractivity contribution in [1.82, 2.24) is 20.4 Å². The Kier molecular flexibility index (Phi) is 5.05. The number of H-pyrrole nitrogens is 1. The Morgan fingerprint density at radius 1 is 1.21 bits per heavy atom. The quantitative estimate of drug-likeness (QED) is 0.520. The Labute approximate surface area is 168 Å². The van der Waals surface area contributed by atoms with E-state index in [4.69, 9.17) is 16.1 Å². The molecule has 7 nitrogen and oxygen atoms in total. The van der Waals surface area contributed by atoms with Crippen LogP contribution in [0.1, 0.15) is 15.4 Å². The molecular weight excluding hydrogens is 400 g/mol. The first-order chi connectivity index (χ1) is 13.6.